The Balaban J connectivity index is 3.50. The van der Waals surface area contributed by atoms with Crippen LogP contribution in [0.1, 0.15) is 22.8 Å². The lowest BCUT2D eigenvalue weighted by Crippen LogP contribution is -2.10. The molecule has 0 aliphatic carbocycles. The van der Waals surface area contributed by atoms with Crippen LogP contribution in [0.4, 0.5) is 13.2 Å². The second-order valence-corrected chi connectivity index (χ2v) is 3.85. The Morgan fingerprint density at radius 3 is 2.31 bits per heavy atom. The molecule has 16 heavy (non-hydrogen) atoms. The quantitative estimate of drug-likeness (QED) is 0.778. The number of carbonyl (C=O) groups excluding carboxylic acids is 1. The molecule has 0 fully saturated rings. The summed E-state index contributed by atoms with van der Waals surface area (Å²) in [5, 5.41) is 0. The number of benzene rings is 1. The van der Waals surface area contributed by atoms with Gasteiger partial charge in [0.15, 0.2) is 5.78 Å². The molecule has 2 nitrogen and oxygen atoms in total. The predicted molar refractivity (Wildman–Crippen MR) is 55.7 cm³/mol. The van der Waals surface area contributed by atoms with Crippen molar-refractivity contribution in [3.05, 3.63) is 27.7 Å². The van der Waals surface area contributed by atoms with Crippen LogP contribution in [0.25, 0.3) is 0 Å². The van der Waals surface area contributed by atoms with Crippen LogP contribution in [-0.2, 0) is 6.18 Å². The summed E-state index contributed by atoms with van der Waals surface area (Å²) in [5.74, 6) is -0.373. The average Bonchev–Trinajstić information content (AvgIpc) is 2.14. The summed E-state index contributed by atoms with van der Waals surface area (Å²) in [5.41, 5.74) is -0.990. The van der Waals surface area contributed by atoms with Gasteiger partial charge in [-0.05, 0) is 35.0 Å². The molecule has 0 spiro atoms. The second-order valence-electron chi connectivity index (χ2n) is 3.06. The Morgan fingerprint density at radius 2 is 1.94 bits per heavy atom. The normalized spacial score (nSPS) is 11.4. The number of halogens is 4. The summed E-state index contributed by atoms with van der Waals surface area (Å²) in [6, 6.07) is 2.00. The van der Waals surface area contributed by atoms with Gasteiger partial charge in [0.05, 0.1) is 18.2 Å². The van der Waals surface area contributed by atoms with Gasteiger partial charge in [-0.3, -0.25) is 4.79 Å². The smallest absolute Gasteiger partial charge is 0.417 e. The van der Waals surface area contributed by atoms with Gasteiger partial charge in [-0.1, -0.05) is 0 Å². The molecular formula is C10H8BrF3O2. The van der Waals surface area contributed by atoms with Gasteiger partial charge in [0.25, 0.3) is 0 Å². The highest BCUT2D eigenvalue weighted by atomic mass is 79.9. The first kappa shape index (κ1) is 13.0. The number of Topliss-reactive ketones (excluding diaryl/α,β-unsaturated/α-hetero) is 1. The van der Waals surface area contributed by atoms with E-state index in [0.29, 0.717) is 0 Å². The fourth-order valence-corrected chi connectivity index (χ4v) is 2.11. The number of carbonyl (C=O) groups is 1. The summed E-state index contributed by atoms with van der Waals surface area (Å²) in [4.78, 5) is 11.2. The minimum Gasteiger partial charge on any atom is -0.496 e. The van der Waals surface area contributed by atoms with E-state index in [4.69, 9.17) is 4.74 Å². The van der Waals surface area contributed by atoms with E-state index in [0.717, 1.165) is 12.1 Å². The molecule has 0 bridgehead atoms. The standard InChI is InChI=1S/C10H8BrF3O2/c1-5(15)8-7(16-2)4-3-6(9(8)11)10(12,13)14/h3-4H,1-2H3. The van der Waals surface area contributed by atoms with Crippen LogP contribution >= 0.6 is 15.9 Å². The van der Waals surface area contributed by atoms with Gasteiger partial charge in [0, 0.05) is 4.47 Å². The first-order chi connectivity index (χ1) is 7.29. The highest BCUT2D eigenvalue weighted by Crippen LogP contribution is 2.39. The molecule has 0 aliphatic heterocycles. The lowest BCUT2D eigenvalue weighted by atomic mass is 10.1. The van der Waals surface area contributed by atoms with Crippen molar-refractivity contribution in [3.8, 4) is 5.75 Å². The number of hydrogen-bond donors (Lipinski definition) is 0. The maximum absolute atomic E-state index is 12.5. The molecule has 1 rings (SSSR count). The largest absolute Gasteiger partial charge is 0.496 e. The molecule has 0 aliphatic rings. The van der Waals surface area contributed by atoms with E-state index in [1.54, 1.807) is 0 Å². The number of ether oxygens (including phenoxy) is 1. The van der Waals surface area contributed by atoms with Crippen molar-refractivity contribution in [1.82, 2.24) is 0 Å². The SMILES string of the molecule is COc1ccc(C(F)(F)F)c(Br)c1C(C)=O. The van der Waals surface area contributed by atoms with Crippen LogP contribution in [0.3, 0.4) is 0 Å². The predicted octanol–water partition coefficient (Wildman–Crippen LogP) is 3.68. The molecule has 0 saturated carbocycles. The lowest BCUT2D eigenvalue weighted by molar-refractivity contribution is -0.138. The third kappa shape index (κ3) is 2.37. The average molecular weight is 297 g/mol. The van der Waals surface area contributed by atoms with Crippen molar-refractivity contribution < 1.29 is 22.7 Å². The van der Waals surface area contributed by atoms with Crippen LogP contribution in [0.5, 0.6) is 5.75 Å². The maximum Gasteiger partial charge on any atom is 0.417 e. The van der Waals surface area contributed by atoms with Crippen LogP contribution in [0.2, 0.25) is 0 Å². The van der Waals surface area contributed by atoms with Crippen LogP contribution < -0.4 is 4.74 Å². The van der Waals surface area contributed by atoms with E-state index in [9.17, 15) is 18.0 Å². The van der Waals surface area contributed by atoms with E-state index in [-0.39, 0.29) is 15.8 Å². The molecule has 0 aromatic heterocycles. The molecule has 0 heterocycles. The summed E-state index contributed by atoms with van der Waals surface area (Å²) >= 11 is 2.79. The molecule has 0 atom stereocenters. The summed E-state index contributed by atoms with van der Waals surface area (Å²) in [6.45, 7) is 1.18. The fourth-order valence-electron chi connectivity index (χ4n) is 1.28. The molecule has 6 heteroatoms. The molecule has 0 radical (unpaired) electrons. The highest BCUT2D eigenvalue weighted by molar-refractivity contribution is 9.10. The summed E-state index contributed by atoms with van der Waals surface area (Å²) in [7, 11) is 1.29. The third-order valence-corrected chi connectivity index (χ3v) is 2.80. The van der Waals surface area contributed by atoms with Gasteiger partial charge in [0.2, 0.25) is 0 Å². The number of hydrogen-bond acceptors (Lipinski definition) is 2. The summed E-state index contributed by atoms with van der Waals surface area (Å²) < 4.78 is 42.2. The van der Waals surface area contributed by atoms with Gasteiger partial charge < -0.3 is 4.74 Å². The minimum absolute atomic E-state index is 0.0997. The molecule has 0 unspecified atom stereocenters. The Hall–Kier alpha value is -1.04. The van der Waals surface area contributed by atoms with Crippen LogP contribution in [0.15, 0.2) is 16.6 Å². The van der Waals surface area contributed by atoms with Crippen molar-refractivity contribution in [2.24, 2.45) is 0 Å². The zero-order chi connectivity index (χ0) is 12.5. The zero-order valence-corrected chi connectivity index (χ0v) is 10.1. The molecule has 0 N–H and O–H groups in total. The molecule has 1 aromatic rings. The van der Waals surface area contributed by atoms with Crippen molar-refractivity contribution in [1.29, 1.82) is 0 Å². The van der Waals surface area contributed by atoms with Gasteiger partial charge in [-0.15, -0.1) is 0 Å². The van der Waals surface area contributed by atoms with Crippen molar-refractivity contribution in [3.63, 3.8) is 0 Å². The van der Waals surface area contributed by atoms with E-state index in [1.807, 2.05) is 0 Å². The zero-order valence-electron chi connectivity index (χ0n) is 8.48. The van der Waals surface area contributed by atoms with Gasteiger partial charge in [0.1, 0.15) is 5.75 Å². The molecule has 0 saturated heterocycles. The Bertz CT molecular complexity index is 427. The monoisotopic (exact) mass is 296 g/mol. The van der Waals surface area contributed by atoms with Crippen molar-refractivity contribution in [2.45, 2.75) is 13.1 Å². The van der Waals surface area contributed by atoms with Gasteiger partial charge in [-0.2, -0.15) is 13.2 Å². The van der Waals surface area contributed by atoms with E-state index in [1.165, 1.54) is 14.0 Å². The minimum atomic E-state index is -4.50. The van der Waals surface area contributed by atoms with Gasteiger partial charge >= 0.3 is 6.18 Å². The summed E-state index contributed by atoms with van der Waals surface area (Å²) in [6.07, 6.45) is -4.50. The first-order valence-electron chi connectivity index (χ1n) is 4.23. The van der Waals surface area contributed by atoms with Gasteiger partial charge in [-0.25, -0.2) is 0 Å². The second kappa shape index (κ2) is 4.45. The molecular weight excluding hydrogens is 289 g/mol. The van der Waals surface area contributed by atoms with E-state index in [2.05, 4.69) is 15.9 Å². The van der Waals surface area contributed by atoms with Crippen molar-refractivity contribution in [2.75, 3.05) is 7.11 Å². The number of rotatable bonds is 2. The maximum atomic E-state index is 12.5. The van der Waals surface area contributed by atoms with E-state index >= 15 is 0 Å². The van der Waals surface area contributed by atoms with Crippen LogP contribution in [0, 0.1) is 0 Å². The first-order valence-corrected chi connectivity index (χ1v) is 5.03. The highest BCUT2D eigenvalue weighted by Gasteiger charge is 2.35. The number of methoxy groups -OCH3 is 1. The Morgan fingerprint density at radius 1 is 1.38 bits per heavy atom. The van der Waals surface area contributed by atoms with Crippen molar-refractivity contribution >= 4 is 21.7 Å². The molecule has 88 valence electrons. The molecule has 0 amide bonds. The fraction of sp³-hybridized carbons (Fsp3) is 0.300. The van der Waals surface area contributed by atoms with Crippen LogP contribution in [-0.4, -0.2) is 12.9 Å². The Labute approximate surface area is 98.5 Å². The Kier molecular flexibility index (Phi) is 3.62. The molecule has 1 aromatic carbocycles. The number of alkyl halides is 3. The topological polar surface area (TPSA) is 26.3 Å². The number of ketones is 1. The third-order valence-electron chi connectivity index (χ3n) is 1.98. The lowest BCUT2D eigenvalue weighted by Gasteiger charge is -2.14. The van der Waals surface area contributed by atoms with E-state index < -0.39 is 17.5 Å².